The van der Waals surface area contributed by atoms with E-state index >= 15 is 0 Å². The molecule has 4 aromatic rings. The molecule has 0 radical (unpaired) electrons. The number of rotatable bonds is 2. The van der Waals surface area contributed by atoms with Gasteiger partial charge in [-0.05, 0) is 64.7 Å². The number of hydrogen-bond acceptors (Lipinski definition) is 6. The molecule has 44 heavy (non-hydrogen) atoms. The number of phenolic OH excluding ortho intramolecular Hbond substituents is 2. The third-order valence-corrected chi connectivity index (χ3v) is 9.75. The molecule has 4 aliphatic heterocycles. The first kappa shape index (κ1) is 28.4. The molecule has 0 aromatic heterocycles. The first-order chi connectivity index (χ1) is 21.3. The molecule has 6 bridgehead atoms. The molecule has 4 aliphatic rings. The number of hydrogen-bond donors (Lipinski definition) is 4. The molecular formula is C36H40N2O6+2. The lowest BCUT2D eigenvalue weighted by atomic mass is 9.87. The van der Waals surface area contributed by atoms with Crippen molar-refractivity contribution in [2.24, 2.45) is 0 Å². The van der Waals surface area contributed by atoms with Gasteiger partial charge in [-0.25, -0.2) is 0 Å². The zero-order chi connectivity index (χ0) is 30.5. The second-order valence-electron chi connectivity index (χ2n) is 12.4. The van der Waals surface area contributed by atoms with Gasteiger partial charge >= 0.3 is 0 Å². The van der Waals surface area contributed by atoms with Gasteiger partial charge in [0.25, 0.3) is 0 Å². The molecule has 4 atom stereocenters. The fraction of sp³-hybridized carbons (Fsp3) is 0.333. The van der Waals surface area contributed by atoms with Crippen LogP contribution in [0.2, 0.25) is 0 Å². The maximum absolute atomic E-state index is 11.4. The van der Waals surface area contributed by atoms with Gasteiger partial charge in [-0.1, -0.05) is 18.2 Å². The lowest BCUT2D eigenvalue weighted by Gasteiger charge is -2.34. The van der Waals surface area contributed by atoms with Crippen LogP contribution in [0, 0.1) is 0 Å². The molecule has 8 nitrogen and oxygen atoms in total. The minimum absolute atomic E-state index is 0.00435. The van der Waals surface area contributed by atoms with Crippen LogP contribution in [0.15, 0.2) is 60.7 Å². The van der Waals surface area contributed by atoms with Crippen molar-refractivity contribution in [3.8, 4) is 46.0 Å². The van der Waals surface area contributed by atoms with Gasteiger partial charge in [-0.15, -0.1) is 0 Å². The van der Waals surface area contributed by atoms with Gasteiger partial charge in [0.05, 0.1) is 47.0 Å². The van der Waals surface area contributed by atoms with Crippen LogP contribution in [0.3, 0.4) is 0 Å². The van der Waals surface area contributed by atoms with Crippen LogP contribution in [-0.2, 0) is 25.7 Å². The second-order valence-corrected chi connectivity index (χ2v) is 12.4. The Morgan fingerprint density at radius 1 is 0.705 bits per heavy atom. The fourth-order valence-corrected chi connectivity index (χ4v) is 7.19. The van der Waals surface area contributed by atoms with E-state index in [1.165, 1.54) is 26.5 Å². The van der Waals surface area contributed by atoms with E-state index in [-0.39, 0.29) is 23.6 Å². The summed E-state index contributed by atoms with van der Waals surface area (Å²) >= 11 is 0. The summed E-state index contributed by atoms with van der Waals surface area (Å²) in [5.74, 6) is 3.21. The normalized spacial score (nSPS) is 22.1. The van der Waals surface area contributed by atoms with Crippen LogP contribution in [-0.4, -0.2) is 51.6 Å². The second kappa shape index (κ2) is 11.3. The number of phenols is 2. The zero-order valence-electron chi connectivity index (χ0n) is 25.7. The molecule has 228 valence electrons. The van der Waals surface area contributed by atoms with Crippen LogP contribution in [0.25, 0.3) is 0 Å². The maximum atomic E-state index is 11.4. The van der Waals surface area contributed by atoms with Crippen molar-refractivity contribution in [3.05, 3.63) is 94.0 Å². The van der Waals surface area contributed by atoms with Gasteiger partial charge < -0.3 is 39.0 Å². The van der Waals surface area contributed by atoms with Gasteiger partial charge in [0.2, 0.25) is 5.75 Å². The van der Waals surface area contributed by atoms with Gasteiger partial charge in [0, 0.05) is 31.2 Å². The Balaban J connectivity index is 1.41. The molecule has 4 aromatic carbocycles. The van der Waals surface area contributed by atoms with Crippen molar-refractivity contribution in [3.63, 3.8) is 0 Å². The minimum atomic E-state index is -0.0151. The lowest BCUT2D eigenvalue weighted by molar-refractivity contribution is -0.914. The van der Waals surface area contributed by atoms with Crippen molar-refractivity contribution < 1.29 is 39.0 Å². The van der Waals surface area contributed by atoms with Gasteiger partial charge in [-0.2, -0.15) is 0 Å². The number of nitrogens with one attached hydrogen (secondary N) is 2. The van der Waals surface area contributed by atoms with E-state index in [1.54, 1.807) is 20.3 Å². The van der Waals surface area contributed by atoms with Crippen molar-refractivity contribution in [1.29, 1.82) is 0 Å². The summed E-state index contributed by atoms with van der Waals surface area (Å²) in [6.07, 6.45) is 3.27. The predicted octanol–water partition coefficient (Wildman–Crippen LogP) is 3.72. The van der Waals surface area contributed by atoms with E-state index < -0.39 is 0 Å². The lowest BCUT2D eigenvalue weighted by Crippen LogP contribution is -3.10. The number of fused-ring (bicyclic) bond motifs is 2. The summed E-state index contributed by atoms with van der Waals surface area (Å²) in [5.41, 5.74) is 6.76. The first-order valence-corrected chi connectivity index (χ1v) is 15.4. The van der Waals surface area contributed by atoms with Crippen LogP contribution >= 0.6 is 0 Å². The Labute approximate surface area is 258 Å². The Morgan fingerprint density at radius 3 is 2.11 bits per heavy atom. The third kappa shape index (κ3) is 4.98. The number of quaternary nitrogens is 2. The standard InChI is InChI=1S/C36H38N2O6/c1-37-13-11-23-18-31(41-3)32-20-26(23)27(37)15-21-5-8-25(9-6-21)43-36-34-24(19-33(42-4)35(36)40)12-14-38(2)28(34)16-22-7-10-29(39)30(17-22)44-32/h5-10,17-20,27-28,39-40H,11-16H2,1-4H3/p+2/t27-,28-/m1/s1. The molecule has 0 saturated heterocycles. The highest BCUT2D eigenvalue weighted by molar-refractivity contribution is 5.61. The molecule has 2 unspecified atom stereocenters. The van der Waals surface area contributed by atoms with E-state index in [0.29, 0.717) is 40.9 Å². The molecule has 4 heterocycles. The molecule has 8 rings (SSSR count). The van der Waals surface area contributed by atoms with Gasteiger partial charge in [0.15, 0.2) is 34.5 Å². The zero-order valence-corrected chi connectivity index (χ0v) is 25.7. The average molecular weight is 597 g/mol. The van der Waals surface area contributed by atoms with E-state index in [9.17, 15) is 10.2 Å². The third-order valence-electron chi connectivity index (χ3n) is 9.75. The van der Waals surface area contributed by atoms with E-state index in [0.717, 1.165) is 49.0 Å². The van der Waals surface area contributed by atoms with Crippen LogP contribution < -0.4 is 28.7 Å². The van der Waals surface area contributed by atoms with Crippen LogP contribution in [0.5, 0.6) is 46.0 Å². The largest absolute Gasteiger partial charge is 0.504 e. The topological polar surface area (TPSA) is 86.3 Å². The fourth-order valence-electron chi connectivity index (χ4n) is 7.19. The van der Waals surface area contributed by atoms with E-state index in [1.807, 2.05) is 30.3 Å². The van der Waals surface area contributed by atoms with Crippen LogP contribution in [0.1, 0.15) is 45.5 Å². The number of ether oxygens (including phenoxy) is 4. The Hall–Kier alpha value is -4.40. The van der Waals surface area contributed by atoms with Crippen molar-refractivity contribution in [2.45, 2.75) is 37.8 Å². The summed E-state index contributed by atoms with van der Waals surface area (Å²) in [7, 11) is 7.64. The highest BCUT2D eigenvalue weighted by atomic mass is 16.5. The molecule has 8 heteroatoms. The highest BCUT2D eigenvalue weighted by Gasteiger charge is 2.36. The predicted molar refractivity (Wildman–Crippen MR) is 166 cm³/mol. The Kier molecular flexibility index (Phi) is 7.26. The molecule has 4 N–H and O–H groups in total. The molecule has 0 spiro atoms. The molecule has 0 aliphatic carbocycles. The van der Waals surface area contributed by atoms with E-state index in [2.05, 4.69) is 38.4 Å². The SMILES string of the molecule is COc1cc2c3cc1Oc1cc(ccc1O)C[C@@H]1c4c(cc(OC)c(O)c4Oc4ccc(cc4)C[C@H]3[NH+](C)CC2)CC[NH+]1C. The average Bonchev–Trinajstić information content (AvgIpc) is 3.03. The van der Waals surface area contributed by atoms with Gasteiger partial charge in [-0.3, -0.25) is 0 Å². The monoisotopic (exact) mass is 596 g/mol. The molecular weight excluding hydrogens is 556 g/mol. The number of methoxy groups -OCH3 is 2. The molecule has 0 amide bonds. The highest BCUT2D eigenvalue weighted by Crippen LogP contribution is 2.47. The quantitative estimate of drug-likeness (QED) is 0.282. The van der Waals surface area contributed by atoms with Crippen molar-refractivity contribution in [2.75, 3.05) is 41.4 Å². The summed E-state index contributed by atoms with van der Waals surface area (Å²) < 4.78 is 24.4. The summed E-state index contributed by atoms with van der Waals surface area (Å²) in [6, 6.07) is 20.1. The van der Waals surface area contributed by atoms with E-state index in [4.69, 9.17) is 18.9 Å². The number of likely N-dealkylation sites (N-methyl/N-ethyl adjacent to an activating group) is 2. The Bertz CT molecular complexity index is 1720. The maximum Gasteiger partial charge on any atom is 0.201 e. The number of benzene rings is 4. The smallest absolute Gasteiger partial charge is 0.201 e. The number of aromatic hydroxyl groups is 2. The Morgan fingerprint density at radius 2 is 1.36 bits per heavy atom. The van der Waals surface area contributed by atoms with Crippen molar-refractivity contribution >= 4 is 0 Å². The first-order valence-electron chi connectivity index (χ1n) is 15.4. The van der Waals surface area contributed by atoms with Crippen molar-refractivity contribution in [1.82, 2.24) is 0 Å². The van der Waals surface area contributed by atoms with Crippen LogP contribution in [0.4, 0.5) is 0 Å². The minimum Gasteiger partial charge on any atom is -0.504 e. The molecule has 0 fully saturated rings. The summed E-state index contributed by atoms with van der Waals surface area (Å²) in [6.45, 7) is 1.94. The summed E-state index contributed by atoms with van der Waals surface area (Å²) in [4.78, 5) is 2.74. The van der Waals surface area contributed by atoms with Gasteiger partial charge in [0.1, 0.15) is 17.8 Å². The molecule has 0 saturated carbocycles. The summed E-state index contributed by atoms with van der Waals surface area (Å²) in [5, 5.41) is 22.3.